The lowest BCUT2D eigenvalue weighted by Gasteiger charge is -2.21. The molecular formula is C97H60N6O3. The van der Waals surface area contributed by atoms with Crippen molar-refractivity contribution in [2.75, 3.05) is 0 Å². The fourth-order valence-corrected chi connectivity index (χ4v) is 15.6. The van der Waals surface area contributed by atoms with E-state index in [-0.39, 0.29) is 0 Å². The van der Waals surface area contributed by atoms with Gasteiger partial charge in [0.2, 0.25) is 0 Å². The molecule has 0 atom stereocenters. The Morgan fingerprint density at radius 1 is 0.198 bits per heavy atom. The van der Waals surface area contributed by atoms with Crippen molar-refractivity contribution in [2.24, 2.45) is 0 Å². The summed E-state index contributed by atoms with van der Waals surface area (Å²) in [5, 5.41) is 2.87. The molecule has 0 saturated heterocycles. The highest BCUT2D eigenvalue weighted by Crippen LogP contribution is 2.50. The number of hydrogen-bond acceptors (Lipinski definition) is 9. The van der Waals surface area contributed by atoms with Crippen LogP contribution >= 0.6 is 0 Å². The molecule has 0 radical (unpaired) electrons. The van der Waals surface area contributed by atoms with Crippen molar-refractivity contribution in [3.05, 3.63) is 352 Å². The summed E-state index contributed by atoms with van der Waals surface area (Å²) in [6.07, 6.45) is 11.4. The summed E-state index contributed by atoms with van der Waals surface area (Å²) >= 11 is 0. The second-order valence-electron chi connectivity index (χ2n) is 26.8. The van der Waals surface area contributed by atoms with E-state index >= 15 is 0 Å². The number of aryl methyl sites for hydroxylation is 1. The predicted molar refractivity (Wildman–Crippen MR) is 430 cm³/mol. The molecule has 0 aliphatic carbocycles. The number of nitrogens with zero attached hydrogens (tertiary/aromatic N) is 6. The van der Waals surface area contributed by atoms with E-state index in [4.69, 9.17) is 43.2 Å². The van der Waals surface area contributed by atoms with Gasteiger partial charge in [-0.3, -0.25) is 29.9 Å². The first-order chi connectivity index (χ1) is 52.5. The average molecular weight is 1360 g/mol. The van der Waals surface area contributed by atoms with Crippen LogP contribution in [0.3, 0.4) is 0 Å². The highest BCUT2D eigenvalue weighted by Gasteiger charge is 2.26. The Balaban J connectivity index is 0.829. The zero-order chi connectivity index (χ0) is 70.2. The van der Waals surface area contributed by atoms with E-state index in [0.29, 0.717) is 16.7 Å². The Bertz CT molecular complexity index is 6590. The Hall–Kier alpha value is -14.3. The number of furan rings is 3. The van der Waals surface area contributed by atoms with Crippen molar-refractivity contribution in [1.82, 2.24) is 29.9 Å². The van der Waals surface area contributed by atoms with Crippen molar-refractivity contribution >= 4 is 66.2 Å². The van der Waals surface area contributed by atoms with Crippen molar-refractivity contribution in [3.63, 3.8) is 0 Å². The van der Waals surface area contributed by atoms with E-state index < -0.39 is 0 Å². The molecule has 20 rings (SSSR count). The van der Waals surface area contributed by atoms with Gasteiger partial charge in [0, 0.05) is 92.3 Å². The van der Waals surface area contributed by atoms with Crippen LogP contribution in [-0.4, -0.2) is 29.9 Å². The molecule has 106 heavy (non-hydrogen) atoms. The summed E-state index contributed by atoms with van der Waals surface area (Å²) in [6, 6.07) is 109. The Kier molecular flexibility index (Phi) is 14.9. The van der Waals surface area contributed by atoms with Crippen LogP contribution < -0.4 is 0 Å². The van der Waals surface area contributed by atoms with Crippen molar-refractivity contribution < 1.29 is 13.3 Å². The van der Waals surface area contributed by atoms with Gasteiger partial charge in [-0.2, -0.15) is 0 Å². The number of pyridine rings is 6. The molecular weight excluding hydrogens is 1300 g/mol. The van der Waals surface area contributed by atoms with Gasteiger partial charge < -0.3 is 13.3 Å². The molecule has 9 heterocycles. The molecule has 0 amide bonds. The second kappa shape index (κ2) is 25.7. The van der Waals surface area contributed by atoms with Gasteiger partial charge >= 0.3 is 0 Å². The van der Waals surface area contributed by atoms with Crippen molar-refractivity contribution in [3.8, 4) is 145 Å². The number of hydrogen-bond donors (Lipinski definition) is 0. The lowest BCUT2D eigenvalue weighted by molar-refractivity contribution is 0.669. The zero-order valence-corrected chi connectivity index (χ0v) is 57.3. The van der Waals surface area contributed by atoms with Gasteiger partial charge in [0.25, 0.3) is 0 Å². The van der Waals surface area contributed by atoms with Gasteiger partial charge in [-0.1, -0.05) is 188 Å². The highest BCUT2D eigenvalue weighted by atomic mass is 16.3. The molecule has 0 spiro atoms. The fourth-order valence-electron chi connectivity index (χ4n) is 15.6. The first kappa shape index (κ1) is 61.6. The maximum absolute atomic E-state index is 6.90. The van der Waals surface area contributed by atoms with E-state index in [1.807, 2.05) is 122 Å². The van der Waals surface area contributed by atoms with Gasteiger partial charge in [-0.25, -0.2) is 0 Å². The number of benzene rings is 11. The molecule has 9 aromatic heterocycles. The normalized spacial score (nSPS) is 11.6. The minimum atomic E-state index is 0.709. The predicted octanol–water partition coefficient (Wildman–Crippen LogP) is 25.7. The Morgan fingerprint density at radius 2 is 0.538 bits per heavy atom. The smallest absolute Gasteiger partial charge is 0.161 e. The number of fused-ring (bicyclic) bond motifs is 9. The first-order valence-corrected chi connectivity index (χ1v) is 35.5. The zero-order valence-electron chi connectivity index (χ0n) is 57.3. The summed E-state index contributed by atoms with van der Waals surface area (Å²) in [5.41, 5.74) is 33.7. The SMILES string of the molecule is Cc1cc(-c2ccc(-c3ccccc3-c3cc(-c4ccccc4-c4ccc(-c5ccccn5)cc4-c4ccnc5c4oc4ccccc45)cc(-c4ccccc4-c4ccc(-c5ccccn5)cc4-c4ccnc5c4oc4ccccc45)c3)c(-c3ccnc4c3oc3ccccc34)c2)ncc1-c1ccccc1. The topological polar surface area (TPSA) is 117 Å². The van der Waals surface area contributed by atoms with E-state index in [0.717, 1.165) is 200 Å². The van der Waals surface area contributed by atoms with Gasteiger partial charge in [0.05, 0.1) is 17.1 Å². The molecule has 496 valence electrons. The standard InChI is InChI=1S/C97H60N6O3/c1-59-51-88(103-58-85(59)60-21-3-2-4-22-60)63-39-42-75(84(57-63)78-45-50-102-94-81-31-13-16-36-91(81)106-97(78)94)72-28-10-7-25-69(72)66-53-64(67-23-5-8-26-70(67)73-40-37-61(86-32-17-19-46-98-86)55-82(73)76-43-48-100-92-79-29-11-14-34-89(79)104-95(76)92)52-65(54-66)68-24-6-9-27-71(68)74-41-38-62(87-33-18-20-47-99-87)56-83(74)77-44-49-101-93-80-30-12-15-35-90(80)105-96(77)93/h2-58H,1H3. The minimum Gasteiger partial charge on any atom is -0.454 e. The van der Waals surface area contributed by atoms with E-state index in [1.54, 1.807) is 0 Å². The van der Waals surface area contributed by atoms with Gasteiger partial charge in [0.1, 0.15) is 33.3 Å². The number of para-hydroxylation sites is 3. The number of aromatic nitrogens is 6. The molecule has 11 aromatic carbocycles. The highest BCUT2D eigenvalue weighted by molar-refractivity contribution is 6.13. The second-order valence-corrected chi connectivity index (χ2v) is 26.8. The van der Waals surface area contributed by atoms with Crippen LogP contribution in [0.5, 0.6) is 0 Å². The molecule has 9 nitrogen and oxygen atoms in total. The molecule has 0 aliphatic heterocycles. The van der Waals surface area contributed by atoms with Crippen LogP contribution in [0.25, 0.3) is 211 Å². The first-order valence-electron chi connectivity index (χ1n) is 35.5. The van der Waals surface area contributed by atoms with Crippen LogP contribution in [-0.2, 0) is 0 Å². The third-order valence-electron chi connectivity index (χ3n) is 20.6. The quantitative estimate of drug-likeness (QED) is 0.111. The number of rotatable bonds is 13. The third-order valence-corrected chi connectivity index (χ3v) is 20.6. The lowest BCUT2D eigenvalue weighted by Crippen LogP contribution is -1.95. The van der Waals surface area contributed by atoms with Crippen molar-refractivity contribution in [1.29, 1.82) is 0 Å². The molecule has 0 N–H and O–H groups in total. The molecule has 0 saturated carbocycles. The third kappa shape index (κ3) is 10.6. The molecule has 0 bridgehead atoms. The maximum Gasteiger partial charge on any atom is 0.161 e. The average Bonchev–Trinajstić information content (AvgIpc) is 1.38. The van der Waals surface area contributed by atoms with E-state index in [2.05, 4.69) is 231 Å². The summed E-state index contributed by atoms with van der Waals surface area (Å²) in [7, 11) is 0. The van der Waals surface area contributed by atoms with E-state index in [1.165, 1.54) is 0 Å². The molecule has 0 aliphatic rings. The van der Waals surface area contributed by atoms with Crippen LogP contribution in [0.15, 0.2) is 360 Å². The molecule has 20 aromatic rings. The molecule has 0 fully saturated rings. The van der Waals surface area contributed by atoms with Crippen molar-refractivity contribution in [2.45, 2.75) is 6.92 Å². The van der Waals surface area contributed by atoms with Gasteiger partial charge in [-0.05, 0) is 223 Å². The maximum atomic E-state index is 6.90. The van der Waals surface area contributed by atoms with Gasteiger partial charge in [0.15, 0.2) is 16.7 Å². The fraction of sp³-hybridized carbons (Fsp3) is 0.0103. The summed E-state index contributed by atoms with van der Waals surface area (Å²) in [6.45, 7) is 2.16. The summed E-state index contributed by atoms with van der Waals surface area (Å²) in [5.74, 6) is 0. The summed E-state index contributed by atoms with van der Waals surface area (Å²) < 4.78 is 20.6. The molecule has 0 unspecified atom stereocenters. The Labute approximate surface area is 609 Å². The lowest BCUT2D eigenvalue weighted by atomic mass is 9.83. The van der Waals surface area contributed by atoms with Crippen LogP contribution in [0.1, 0.15) is 5.56 Å². The van der Waals surface area contributed by atoms with Crippen LogP contribution in [0.4, 0.5) is 0 Å². The molecule has 9 heteroatoms. The van der Waals surface area contributed by atoms with Gasteiger partial charge in [-0.15, -0.1) is 0 Å². The monoisotopic (exact) mass is 1360 g/mol. The Morgan fingerprint density at radius 3 is 0.915 bits per heavy atom. The van der Waals surface area contributed by atoms with Crippen LogP contribution in [0, 0.1) is 6.92 Å². The minimum absolute atomic E-state index is 0.709. The summed E-state index contributed by atoms with van der Waals surface area (Å²) in [4.78, 5) is 29.8. The van der Waals surface area contributed by atoms with E-state index in [9.17, 15) is 0 Å². The van der Waals surface area contributed by atoms with Crippen LogP contribution in [0.2, 0.25) is 0 Å². The largest absolute Gasteiger partial charge is 0.454 e.